The van der Waals surface area contributed by atoms with Gasteiger partial charge in [-0.1, -0.05) is 36.4 Å². The third-order valence-electron chi connectivity index (χ3n) is 5.81. The molecule has 3 aromatic carbocycles. The van der Waals surface area contributed by atoms with E-state index >= 15 is 0 Å². The summed E-state index contributed by atoms with van der Waals surface area (Å²) in [4.78, 5) is 27.4. The van der Waals surface area contributed by atoms with Crippen molar-refractivity contribution < 1.29 is 19.1 Å². The van der Waals surface area contributed by atoms with Crippen LogP contribution < -0.4 is 5.32 Å². The molecule has 1 saturated carbocycles. The first-order chi connectivity index (χ1) is 16.1. The van der Waals surface area contributed by atoms with Crippen molar-refractivity contribution in [1.29, 1.82) is 0 Å². The highest BCUT2D eigenvalue weighted by Crippen LogP contribution is 2.27. The summed E-state index contributed by atoms with van der Waals surface area (Å²) in [7, 11) is 0. The van der Waals surface area contributed by atoms with Crippen LogP contribution in [0.1, 0.15) is 44.9 Å². The Balaban J connectivity index is 1.40. The Labute approximate surface area is 191 Å². The van der Waals surface area contributed by atoms with Gasteiger partial charge in [-0.15, -0.1) is 0 Å². The molecule has 1 fully saturated rings. The van der Waals surface area contributed by atoms with Gasteiger partial charge in [-0.3, -0.25) is 9.59 Å². The lowest BCUT2D eigenvalue weighted by molar-refractivity contribution is 0.0714. The molecule has 33 heavy (non-hydrogen) atoms. The van der Waals surface area contributed by atoms with Gasteiger partial charge in [-0.2, -0.15) is 0 Å². The fraction of sp³-hybridized carbons (Fsp3) is 0.185. The second kappa shape index (κ2) is 8.82. The van der Waals surface area contributed by atoms with Gasteiger partial charge in [0.25, 0.3) is 11.8 Å². The van der Waals surface area contributed by atoms with Gasteiger partial charge in [-0.25, -0.2) is 0 Å². The standard InChI is InChI=1S/C27H24N2O4/c30-25-15-21-5-2-1-4-20(21)14-24(25)27(32)29(17-23-6-3-13-33-23)16-18-7-9-19(10-8-18)26(31)28-22-11-12-22/h1-10,13-15,22,30H,11-12,16-17H2,(H,28,31). The van der Waals surface area contributed by atoms with Crippen LogP contribution in [0.3, 0.4) is 0 Å². The quantitative estimate of drug-likeness (QED) is 0.429. The zero-order valence-corrected chi connectivity index (χ0v) is 18.0. The average Bonchev–Trinajstić information content (AvgIpc) is 3.49. The number of fused-ring (bicyclic) bond motifs is 1. The highest BCUT2D eigenvalue weighted by Gasteiger charge is 2.24. The van der Waals surface area contributed by atoms with Crippen LogP contribution in [0.2, 0.25) is 0 Å². The van der Waals surface area contributed by atoms with Crippen LogP contribution in [0.25, 0.3) is 10.8 Å². The number of aromatic hydroxyl groups is 1. The fourth-order valence-electron chi connectivity index (χ4n) is 3.84. The lowest BCUT2D eigenvalue weighted by Gasteiger charge is -2.23. The van der Waals surface area contributed by atoms with E-state index in [2.05, 4.69) is 5.32 Å². The predicted molar refractivity (Wildman–Crippen MR) is 125 cm³/mol. The van der Waals surface area contributed by atoms with Gasteiger partial charge in [-0.05, 0) is 65.6 Å². The Morgan fingerprint density at radius 2 is 1.67 bits per heavy atom. The van der Waals surface area contributed by atoms with Crippen LogP contribution in [-0.4, -0.2) is 27.9 Å². The Morgan fingerprint density at radius 3 is 2.33 bits per heavy atom. The zero-order valence-electron chi connectivity index (χ0n) is 18.0. The number of amides is 2. The summed E-state index contributed by atoms with van der Waals surface area (Å²) in [6.07, 6.45) is 3.64. The van der Waals surface area contributed by atoms with Gasteiger partial charge in [0, 0.05) is 18.2 Å². The van der Waals surface area contributed by atoms with Crippen molar-refractivity contribution in [2.45, 2.75) is 32.0 Å². The maximum atomic E-state index is 13.5. The number of phenolic OH excluding ortho intramolecular Hbond substituents is 1. The number of carbonyl (C=O) groups is 2. The smallest absolute Gasteiger partial charge is 0.258 e. The summed E-state index contributed by atoms with van der Waals surface area (Å²) in [6.45, 7) is 0.554. The van der Waals surface area contributed by atoms with Crippen LogP contribution in [0.4, 0.5) is 0 Å². The van der Waals surface area contributed by atoms with E-state index in [0.29, 0.717) is 23.9 Å². The van der Waals surface area contributed by atoms with E-state index in [1.807, 2.05) is 42.5 Å². The number of furan rings is 1. The van der Waals surface area contributed by atoms with E-state index < -0.39 is 0 Å². The molecule has 1 aliphatic rings. The van der Waals surface area contributed by atoms with Crippen molar-refractivity contribution in [1.82, 2.24) is 10.2 Å². The molecular weight excluding hydrogens is 416 g/mol. The molecule has 2 amide bonds. The number of nitrogens with one attached hydrogen (secondary N) is 1. The number of hydrogen-bond acceptors (Lipinski definition) is 4. The minimum atomic E-state index is -0.301. The van der Waals surface area contributed by atoms with E-state index in [4.69, 9.17) is 4.42 Å². The van der Waals surface area contributed by atoms with Gasteiger partial charge in [0.15, 0.2) is 0 Å². The molecule has 6 nitrogen and oxygen atoms in total. The molecule has 1 aromatic heterocycles. The molecule has 1 heterocycles. The van der Waals surface area contributed by atoms with Gasteiger partial charge < -0.3 is 19.7 Å². The van der Waals surface area contributed by atoms with Gasteiger partial charge in [0.2, 0.25) is 0 Å². The lowest BCUT2D eigenvalue weighted by Crippen LogP contribution is -2.30. The maximum Gasteiger partial charge on any atom is 0.258 e. The number of benzene rings is 3. The monoisotopic (exact) mass is 440 g/mol. The molecule has 0 atom stereocenters. The molecule has 2 N–H and O–H groups in total. The molecule has 0 spiro atoms. The number of nitrogens with zero attached hydrogens (tertiary/aromatic N) is 1. The van der Waals surface area contributed by atoms with E-state index in [9.17, 15) is 14.7 Å². The summed E-state index contributed by atoms with van der Waals surface area (Å²) in [5, 5.41) is 15.3. The SMILES string of the molecule is O=C(NC1CC1)c1ccc(CN(Cc2ccco2)C(=O)c2cc3ccccc3cc2O)cc1. The normalized spacial score (nSPS) is 13.1. The van der Waals surface area contributed by atoms with Crippen LogP contribution in [-0.2, 0) is 13.1 Å². The van der Waals surface area contributed by atoms with Crippen molar-refractivity contribution >= 4 is 22.6 Å². The van der Waals surface area contributed by atoms with Crippen molar-refractivity contribution in [3.63, 3.8) is 0 Å². The van der Waals surface area contributed by atoms with Gasteiger partial charge in [0.05, 0.1) is 18.4 Å². The van der Waals surface area contributed by atoms with E-state index in [0.717, 1.165) is 29.2 Å². The number of carbonyl (C=O) groups excluding carboxylic acids is 2. The van der Waals surface area contributed by atoms with Crippen molar-refractivity contribution in [2.24, 2.45) is 0 Å². The van der Waals surface area contributed by atoms with Crippen LogP contribution in [0.15, 0.2) is 83.5 Å². The molecule has 166 valence electrons. The van der Waals surface area contributed by atoms with E-state index in [1.165, 1.54) is 0 Å². The molecule has 0 bridgehead atoms. The number of phenols is 1. The van der Waals surface area contributed by atoms with Crippen LogP contribution >= 0.6 is 0 Å². The highest BCUT2D eigenvalue weighted by atomic mass is 16.3. The first-order valence-electron chi connectivity index (χ1n) is 11.0. The first kappa shape index (κ1) is 20.8. The van der Waals surface area contributed by atoms with Gasteiger partial charge >= 0.3 is 0 Å². The summed E-state index contributed by atoms with van der Waals surface area (Å²) in [5.74, 6) is 0.207. The van der Waals surface area contributed by atoms with Gasteiger partial charge in [0.1, 0.15) is 11.5 Å². The second-order valence-corrected chi connectivity index (χ2v) is 8.40. The number of rotatable bonds is 7. The molecule has 0 unspecified atom stereocenters. The van der Waals surface area contributed by atoms with Crippen molar-refractivity contribution in [3.8, 4) is 5.75 Å². The predicted octanol–water partition coefficient (Wildman–Crippen LogP) is 4.87. The molecule has 4 aromatic rings. The summed E-state index contributed by atoms with van der Waals surface area (Å²) in [5.41, 5.74) is 1.71. The topological polar surface area (TPSA) is 82.8 Å². The Hall–Kier alpha value is -4.06. The van der Waals surface area contributed by atoms with Crippen molar-refractivity contribution in [3.05, 3.63) is 102 Å². The molecule has 1 aliphatic carbocycles. The minimum Gasteiger partial charge on any atom is -0.507 e. The number of hydrogen-bond donors (Lipinski definition) is 2. The highest BCUT2D eigenvalue weighted by molar-refractivity contribution is 6.01. The van der Waals surface area contributed by atoms with Crippen LogP contribution in [0.5, 0.6) is 5.75 Å². The van der Waals surface area contributed by atoms with Crippen LogP contribution in [0, 0.1) is 0 Å². The third-order valence-corrected chi connectivity index (χ3v) is 5.81. The lowest BCUT2D eigenvalue weighted by atomic mass is 10.0. The molecular formula is C27H24N2O4. The largest absolute Gasteiger partial charge is 0.507 e. The first-order valence-corrected chi connectivity index (χ1v) is 11.0. The van der Waals surface area contributed by atoms with E-state index in [1.54, 1.807) is 41.5 Å². The molecule has 0 saturated heterocycles. The third kappa shape index (κ3) is 4.75. The molecule has 5 rings (SSSR count). The van der Waals surface area contributed by atoms with Crippen molar-refractivity contribution in [2.75, 3.05) is 0 Å². The van der Waals surface area contributed by atoms with E-state index in [-0.39, 0.29) is 29.7 Å². The summed E-state index contributed by atoms with van der Waals surface area (Å²) in [6, 6.07) is 22.1. The molecule has 0 aliphatic heterocycles. The summed E-state index contributed by atoms with van der Waals surface area (Å²) < 4.78 is 5.47. The zero-order chi connectivity index (χ0) is 22.8. The molecule has 0 radical (unpaired) electrons. The minimum absolute atomic E-state index is 0.0600. The Bertz CT molecular complexity index is 1290. The maximum absolute atomic E-state index is 13.5. The Kier molecular flexibility index (Phi) is 5.57. The second-order valence-electron chi connectivity index (χ2n) is 8.40. The average molecular weight is 440 g/mol. The summed E-state index contributed by atoms with van der Waals surface area (Å²) >= 11 is 0. The Morgan fingerprint density at radius 1 is 0.939 bits per heavy atom. The fourth-order valence-corrected chi connectivity index (χ4v) is 3.84. The molecule has 6 heteroatoms.